The van der Waals surface area contributed by atoms with Crippen LogP contribution in [0.1, 0.15) is 0 Å². The van der Waals surface area contributed by atoms with Crippen LogP contribution in [0.5, 0.6) is 0 Å². The molecule has 0 aliphatic carbocycles. The number of ether oxygens (including phenoxy) is 1. The highest BCUT2D eigenvalue weighted by atomic mass is 32.2. The molecule has 1 fully saturated rings. The van der Waals surface area contributed by atoms with Crippen LogP contribution >= 0.6 is 0 Å². The summed E-state index contributed by atoms with van der Waals surface area (Å²) in [5, 5.41) is 9.17. The Hall–Kier alpha value is -1.64. The van der Waals surface area contributed by atoms with Crippen molar-refractivity contribution in [2.24, 2.45) is 5.92 Å². The number of hydrogen-bond acceptors (Lipinski definition) is 5. The fraction of sp³-hybridized carbons (Fsp3) is 0.462. The van der Waals surface area contributed by atoms with Gasteiger partial charge in [-0.15, -0.1) is 0 Å². The Labute approximate surface area is 123 Å². The largest absolute Gasteiger partial charge is 0.481 e. The van der Waals surface area contributed by atoms with Crippen LogP contribution in [-0.2, 0) is 19.6 Å². The highest BCUT2D eigenvalue weighted by Gasteiger charge is 2.36. The van der Waals surface area contributed by atoms with Crippen LogP contribution in [0.15, 0.2) is 29.2 Å². The minimum atomic E-state index is -3.47. The summed E-state index contributed by atoms with van der Waals surface area (Å²) < 4.78 is 30.8. The number of carboxylic acids is 1. The van der Waals surface area contributed by atoms with Crippen molar-refractivity contribution in [1.82, 2.24) is 4.72 Å². The van der Waals surface area contributed by atoms with Gasteiger partial charge in [0.1, 0.15) is 5.92 Å². The second kappa shape index (κ2) is 6.00. The maximum atomic E-state index is 11.7. The Balaban J connectivity index is 2.21. The van der Waals surface area contributed by atoms with Gasteiger partial charge in [-0.05, 0) is 31.3 Å². The number of benzene rings is 1. The number of carbonyl (C=O) groups is 1. The normalized spacial score (nSPS) is 22.2. The van der Waals surface area contributed by atoms with Crippen molar-refractivity contribution in [1.29, 1.82) is 0 Å². The summed E-state index contributed by atoms with van der Waals surface area (Å²) >= 11 is 0. The summed E-state index contributed by atoms with van der Waals surface area (Å²) in [6.45, 7) is 0.528. The Kier molecular flexibility index (Phi) is 4.50. The van der Waals surface area contributed by atoms with E-state index >= 15 is 0 Å². The third kappa shape index (κ3) is 3.17. The van der Waals surface area contributed by atoms with E-state index in [-0.39, 0.29) is 17.5 Å². The van der Waals surface area contributed by atoms with Crippen LogP contribution < -0.4 is 9.62 Å². The molecule has 2 atom stereocenters. The van der Waals surface area contributed by atoms with Gasteiger partial charge >= 0.3 is 5.97 Å². The van der Waals surface area contributed by atoms with Crippen LogP contribution in [0, 0.1) is 5.92 Å². The van der Waals surface area contributed by atoms with Crippen molar-refractivity contribution >= 4 is 21.7 Å². The number of nitrogens with one attached hydrogen (secondary N) is 1. The van der Waals surface area contributed by atoms with Crippen LogP contribution in [0.4, 0.5) is 5.69 Å². The molecule has 0 radical (unpaired) electrons. The molecular formula is C13H18N2O5S. The fourth-order valence-corrected chi connectivity index (χ4v) is 3.06. The van der Waals surface area contributed by atoms with Gasteiger partial charge in [0.05, 0.1) is 24.2 Å². The molecule has 0 bridgehead atoms. The quantitative estimate of drug-likeness (QED) is 0.802. The van der Waals surface area contributed by atoms with E-state index in [1.54, 1.807) is 19.2 Å². The number of aliphatic carboxylic acids is 1. The number of carboxylic acid groups (broad SMARTS) is 1. The second-order valence-electron chi connectivity index (χ2n) is 4.86. The molecule has 1 aromatic rings. The zero-order valence-corrected chi connectivity index (χ0v) is 12.6. The van der Waals surface area contributed by atoms with Gasteiger partial charge in [0.2, 0.25) is 10.0 Å². The molecule has 2 rings (SSSR count). The van der Waals surface area contributed by atoms with E-state index in [0.717, 1.165) is 5.69 Å². The highest BCUT2D eigenvalue weighted by molar-refractivity contribution is 7.89. The van der Waals surface area contributed by atoms with Gasteiger partial charge in [-0.1, -0.05) is 0 Å². The molecule has 1 saturated heterocycles. The van der Waals surface area contributed by atoms with E-state index in [2.05, 4.69) is 4.72 Å². The van der Waals surface area contributed by atoms with E-state index in [9.17, 15) is 13.2 Å². The van der Waals surface area contributed by atoms with Gasteiger partial charge in [0.25, 0.3) is 0 Å². The smallest absolute Gasteiger partial charge is 0.311 e. The number of nitrogens with zero attached hydrogens (tertiary/aromatic N) is 1. The molecule has 0 saturated carbocycles. The summed E-state index contributed by atoms with van der Waals surface area (Å²) in [7, 11) is -0.347. The molecule has 0 spiro atoms. The molecule has 0 amide bonds. The molecule has 2 unspecified atom stereocenters. The monoisotopic (exact) mass is 314 g/mol. The topological polar surface area (TPSA) is 95.9 Å². The maximum absolute atomic E-state index is 11.7. The van der Waals surface area contributed by atoms with Crippen molar-refractivity contribution in [3.8, 4) is 0 Å². The standard InChI is InChI=1S/C13H18N2O5S/c1-14-21(18,19)10-5-3-9(4-6-10)15(2)12-8-20-7-11(12)13(16)17/h3-6,11-12,14H,7-8H2,1-2H3,(H,16,17). The third-order valence-electron chi connectivity index (χ3n) is 3.69. The summed E-state index contributed by atoms with van der Waals surface area (Å²) in [5.41, 5.74) is 0.742. The molecule has 1 heterocycles. The number of hydrogen-bond donors (Lipinski definition) is 2. The summed E-state index contributed by atoms with van der Waals surface area (Å²) in [4.78, 5) is 13.2. The first-order valence-electron chi connectivity index (χ1n) is 6.44. The van der Waals surface area contributed by atoms with E-state index in [0.29, 0.717) is 6.61 Å². The molecule has 1 aliphatic heterocycles. The van der Waals surface area contributed by atoms with Gasteiger partial charge in [-0.2, -0.15) is 0 Å². The maximum Gasteiger partial charge on any atom is 0.311 e. The molecule has 1 aliphatic rings. The van der Waals surface area contributed by atoms with Crippen molar-refractivity contribution in [3.05, 3.63) is 24.3 Å². The van der Waals surface area contributed by atoms with Gasteiger partial charge in [0.15, 0.2) is 0 Å². The number of likely N-dealkylation sites (N-methyl/N-ethyl adjacent to an activating group) is 1. The van der Waals surface area contributed by atoms with E-state index in [4.69, 9.17) is 9.84 Å². The van der Waals surface area contributed by atoms with Crippen molar-refractivity contribution < 1.29 is 23.1 Å². The lowest BCUT2D eigenvalue weighted by molar-refractivity contribution is -0.141. The Morgan fingerprint density at radius 1 is 1.33 bits per heavy atom. The molecule has 8 heteroatoms. The molecule has 0 aromatic heterocycles. The lowest BCUT2D eigenvalue weighted by Gasteiger charge is -2.28. The Bertz CT molecular complexity index is 614. The Morgan fingerprint density at radius 2 is 1.95 bits per heavy atom. The first kappa shape index (κ1) is 15.7. The molecule has 2 N–H and O–H groups in total. The Morgan fingerprint density at radius 3 is 2.48 bits per heavy atom. The highest BCUT2D eigenvalue weighted by Crippen LogP contribution is 2.25. The average molecular weight is 314 g/mol. The van der Waals surface area contributed by atoms with Crippen LogP contribution in [-0.4, -0.2) is 52.8 Å². The van der Waals surface area contributed by atoms with E-state index in [1.807, 2.05) is 4.90 Å². The SMILES string of the molecule is CNS(=O)(=O)c1ccc(N(C)C2COCC2C(=O)O)cc1. The van der Waals surface area contributed by atoms with E-state index < -0.39 is 21.9 Å². The van der Waals surface area contributed by atoms with Gasteiger partial charge in [0, 0.05) is 12.7 Å². The van der Waals surface area contributed by atoms with Gasteiger partial charge in [-0.25, -0.2) is 13.1 Å². The molecule has 1 aromatic carbocycles. The van der Waals surface area contributed by atoms with Gasteiger partial charge < -0.3 is 14.7 Å². The molecule has 7 nitrogen and oxygen atoms in total. The van der Waals surface area contributed by atoms with Crippen LogP contribution in [0.2, 0.25) is 0 Å². The lowest BCUT2D eigenvalue weighted by atomic mass is 10.0. The first-order valence-corrected chi connectivity index (χ1v) is 7.92. The molecule has 21 heavy (non-hydrogen) atoms. The van der Waals surface area contributed by atoms with Crippen molar-refractivity contribution in [3.63, 3.8) is 0 Å². The van der Waals surface area contributed by atoms with Crippen LogP contribution in [0.3, 0.4) is 0 Å². The zero-order chi connectivity index (χ0) is 15.6. The number of rotatable bonds is 5. The van der Waals surface area contributed by atoms with Crippen LogP contribution in [0.25, 0.3) is 0 Å². The first-order chi connectivity index (χ1) is 9.86. The minimum Gasteiger partial charge on any atom is -0.481 e. The minimum absolute atomic E-state index is 0.166. The number of sulfonamides is 1. The predicted molar refractivity (Wildman–Crippen MR) is 76.8 cm³/mol. The lowest BCUT2D eigenvalue weighted by Crippen LogP contribution is -2.40. The predicted octanol–water partition coefficient (Wildman–Crippen LogP) is 0.131. The van der Waals surface area contributed by atoms with Crippen molar-refractivity contribution in [2.45, 2.75) is 10.9 Å². The van der Waals surface area contributed by atoms with Gasteiger partial charge in [-0.3, -0.25) is 4.79 Å². The molecular weight excluding hydrogens is 296 g/mol. The number of anilines is 1. The molecule has 116 valence electrons. The summed E-state index contributed by atoms with van der Waals surface area (Å²) in [6.07, 6.45) is 0. The summed E-state index contributed by atoms with van der Waals surface area (Å²) in [6, 6.07) is 6.02. The third-order valence-corrected chi connectivity index (χ3v) is 5.12. The summed E-state index contributed by atoms with van der Waals surface area (Å²) in [5.74, 6) is -1.48. The van der Waals surface area contributed by atoms with Crippen molar-refractivity contribution in [2.75, 3.05) is 32.2 Å². The zero-order valence-electron chi connectivity index (χ0n) is 11.8. The fourth-order valence-electron chi connectivity index (χ4n) is 2.33. The van der Waals surface area contributed by atoms with E-state index in [1.165, 1.54) is 19.2 Å². The average Bonchev–Trinajstić information content (AvgIpc) is 2.96. The second-order valence-corrected chi connectivity index (χ2v) is 6.75.